The van der Waals surface area contributed by atoms with Crippen molar-refractivity contribution >= 4 is 23.2 Å². The van der Waals surface area contributed by atoms with E-state index in [-0.39, 0.29) is 12.5 Å². The number of hydrogen-bond acceptors (Lipinski definition) is 4. The third-order valence-corrected chi connectivity index (χ3v) is 3.90. The Morgan fingerprint density at radius 3 is 2.60 bits per heavy atom. The number of nitrogens with zero attached hydrogens (tertiary/aromatic N) is 1. The molecule has 0 unspecified atom stereocenters. The van der Waals surface area contributed by atoms with Crippen LogP contribution in [0, 0.1) is 0 Å². The van der Waals surface area contributed by atoms with Crippen molar-refractivity contribution in [3.63, 3.8) is 0 Å². The van der Waals surface area contributed by atoms with Crippen LogP contribution >= 0.6 is 11.6 Å². The number of carbonyl (C=O) groups is 1. The van der Waals surface area contributed by atoms with E-state index < -0.39 is 0 Å². The van der Waals surface area contributed by atoms with E-state index in [9.17, 15) is 4.79 Å². The summed E-state index contributed by atoms with van der Waals surface area (Å²) in [5.41, 5.74) is 1.71. The van der Waals surface area contributed by atoms with Crippen molar-refractivity contribution in [3.8, 4) is 5.75 Å². The third-order valence-electron chi connectivity index (χ3n) is 3.66. The summed E-state index contributed by atoms with van der Waals surface area (Å²) < 4.78 is 10.4. The number of ether oxygens (including phenoxy) is 2. The molecule has 6 heteroatoms. The summed E-state index contributed by atoms with van der Waals surface area (Å²) in [7, 11) is 3.21. The van der Waals surface area contributed by atoms with Crippen molar-refractivity contribution < 1.29 is 14.3 Å². The number of halogens is 1. The van der Waals surface area contributed by atoms with E-state index in [1.54, 1.807) is 32.4 Å². The maximum atomic E-state index is 12.5. The largest absolute Gasteiger partial charge is 0.495 e. The van der Waals surface area contributed by atoms with Gasteiger partial charge in [0, 0.05) is 25.2 Å². The molecule has 25 heavy (non-hydrogen) atoms. The maximum Gasteiger partial charge on any atom is 0.238 e. The Hall–Kier alpha value is -2.08. The predicted octanol–water partition coefficient (Wildman–Crippen LogP) is 3.44. The second kappa shape index (κ2) is 10.0. The molecule has 0 aliphatic heterocycles. The standard InChI is InChI=1S/C19H23ClN2O3/c1-24-11-10-22(13-15-6-4-3-5-7-15)14-19(23)21-17-12-16(20)8-9-18(17)25-2/h3-9,12H,10-11,13-14H2,1-2H3,(H,21,23). The van der Waals surface area contributed by atoms with E-state index in [1.165, 1.54) is 0 Å². The van der Waals surface area contributed by atoms with Gasteiger partial charge in [-0.15, -0.1) is 0 Å². The molecule has 0 atom stereocenters. The molecule has 0 fully saturated rings. The highest BCUT2D eigenvalue weighted by Gasteiger charge is 2.13. The normalized spacial score (nSPS) is 10.7. The van der Waals surface area contributed by atoms with Crippen molar-refractivity contribution in [2.75, 3.05) is 39.2 Å². The summed E-state index contributed by atoms with van der Waals surface area (Å²) in [6.45, 7) is 2.13. The van der Waals surface area contributed by atoms with Crippen molar-refractivity contribution in [1.29, 1.82) is 0 Å². The number of benzene rings is 2. The molecule has 0 heterocycles. The topological polar surface area (TPSA) is 50.8 Å². The number of methoxy groups -OCH3 is 2. The minimum Gasteiger partial charge on any atom is -0.495 e. The Morgan fingerprint density at radius 2 is 1.92 bits per heavy atom. The van der Waals surface area contributed by atoms with Crippen molar-refractivity contribution in [2.24, 2.45) is 0 Å². The molecule has 0 spiro atoms. The van der Waals surface area contributed by atoms with Crippen LogP contribution in [-0.2, 0) is 16.1 Å². The van der Waals surface area contributed by atoms with Gasteiger partial charge in [-0.3, -0.25) is 9.69 Å². The lowest BCUT2D eigenvalue weighted by atomic mass is 10.2. The first-order valence-corrected chi connectivity index (χ1v) is 8.38. The van der Waals surface area contributed by atoms with E-state index in [0.29, 0.717) is 36.2 Å². The smallest absolute Gasteiger partial charge is 0.238 e. The zero-order valence-electron chi connectivity index (χ0n) is 14.5. The third kappa shape index (κ3) is 6.38. The first kappa shape index (κ1) is 19.2. The second-order valence-electron chi connectivity index (χ2n) is 5.58. The molecule has 0 aliphatic carbocycles. The Balaban J connectivity index is 2.02. The van der Waals surface area contributed by atoms with Gasteiger partial charge >= 0.3 is 0 Å². The summed E-state index contributed by atoms with van der Waals surface area (Å²) in [5, 5.41) is 3.40. The average molecular weight is 363 g/mol. The lowest BCUT2D eigenvalue weighted by molar-refractivity contribution is -0.117. The van der Waals surface area contributed by atoms with Crippen LogP contribution < -0.4 is 10.1 Å². The maximum absolute atomic E-state index is 12.5. The fraction of sp³-hybridized carbons (Fsp3) is 0.316. The zero-order chi connectivity index (χ0) is 18.1. The first-order valence-electron chi connectivity index (χ1n) is 8.01. The lowest BCUT2D eigenvalue weighted by Crippen LogP contribution is -2.35. The molecule has 1 amide bonds. The van der Waals surface area contributed by atoms with Crippen LogP contribution in [-0.4, -0.2) is 44.7 Å². The van der Waals surface area contributed by atoms with Gasteiger partial charge in [-0.25, -0.2) is 0 Å². The molecule has 0 saturated carbocycles. The van der Waals surface area contributed by atoms with Gasteiger partial charge in [-0.05, 0) is 23.8 Å². The summed E-state index contributed by atoms with van der Waals surface area (Å²) >= 11 is 6.01. The molecule has 1 N–H and O–H groups in total. The van der Waals surface area contributed by atoms with E-state index in [2.05, 4.69) is 5.32 Å². The SMILES string of the molecule is COCCN(CC(=O)Nc1cc(Cl)ccc1OC)Cc1ccccc1. The van der Waals surface area contributed by atoms with Crippen LogP contribution in [0.2, 0.25) is 5.02 Å². The van der Waals surface area contributed by atoms with Gasteiger partial charge in [0.2, 0.25) is 5.91 Å². The summed E-state index contributed by atoms with van der Waals surface area (Å²) in [4.78, 5) is 14.5. The van der Waals surface area contributed by atoms with Gasteiger partial charge in [0.15, 0.2) is 0 Å². The van der Waals surface area contributed by atoms with Gasteiger partial charge in [-0.2, -0.15) is 0 Å². The number of anilines is 1. The molecule has 2 aromatic rings. The molecule has 5 nitrogen and oxygen atoms in total. The van der Waals surface area contributed by atoms with Crippen molar-refractivity contribution in [2.45, 2.75) is 6.54 Å². The van der Waals surface area contributed by atoms with Gasteiger partial charge in [0.05, 0.1) is 25.9 Å². The summed E-state index contributed by atoms with van der Waals surface area (Å²) in [6, 6.07) is 15.1. The molecule has 134 valence electrons. The second-order valence-corrected chi connectivity index (χ2v) is 6.02. The molecule has 0 aromatic heterocycles. The summed E-state index contributed by atoms with van der Waals surface area (Å²) in [5.74, 6) is 0.442. The minimum atomic E-state index is -0.132. The van der Waals surface area contributed by atoms with Crippen LogP contribution in [0.15, 0.2) is 48.5 Å². The van der Waals surface area contributed by atoms with Gasteiger partial charge in [-0.1, -0.05) is 41.9 Å². The minimum absolute atomic E-state index is 0.132. The number of carbonyl (C=O) groups excluding carboxylic acids is 1. The monoisotopic (exact) mass is 362 g/mol. The van der Waals surface area contributed by atoms with E-state index >= 15 is 0 Å². The lowest BCUT2D eigenvalue weighted by Gasteiger charge is -2.22. The Labute approximate surface area is 153 Å². The highest BCUT2D eigenvalue weighted by Crippen LogP contribution is 2.27. The molecule has 0 aliphatic rings. The number of nitrogens with one attached hydrogen (secondary N) is 1. The zero-order valence-corrected chi connectivity index (χ0v) is 15.3. The quantitative estimate of drug-likeness (QED) is 0.742. The molecule has 2 rings (SSSR count). The Bertz CT molecular complexity index is 680. The van der Waals surface area contributed by atoms with Gasteiger partial charge in [0.1, 0.15) is 5.75 Å². The van der Waals surface area contributed by atoms with Crippen LogP contribution in [0.3, 0.4) is 0 Å². The number of hydrogen-bond donors (Lipinski definition) is 1. The van der Waals surface area contributed by atoms with Crippen molar-refractivity contribution in [1.82, 2.24) is 4.90 Å². The van der Waals surface area contributed by atoms with E-state index in [1.807, 2.05) is 35.2 Å². The molecule has 2 aromatic carbocycles. The van der Waals surface area contributed by atoms with E-state index in [4.69, 9.17) is 21.1 Å². The van der Waals surface area contributed by atoms with Crippen LogP contribution in [0.4, 0.5) is 5.69 Å². The predicted molar refractivity (Wildman–Crippen MR) is 100 cm³/mol. The molecule has 0 saturated heterocycles. The first-order chi connectivity index (χ1) is 12.1. The van der Waals surface area contributed by atoms with E-state index in [0.717, 1.165) is 5.56 Å². The van der Waals surface area contributed by atoms with Gasteiger partial charge in [0.25, 0.3) is 0 Å². The van der Waals surface area contributed by atoms with Gasteiger partial charge < -0.3 is 14.8 Å². The van der Waals surface area contributed by atoms with Crippen LogP contribution in [0.5, 0.6) is 5.75 Å². The van der Waals surface area contributed by atoms with Crippen LogP contribution in [0.25, 0.3) is 0 Å². The summed E-state index contributed by atoms with van der Waals surface area (Å²) in [6.07, 6.45) is 0. The average Bonchev–Trinajstić information content (AvgIpc) is 2.60. The fourth-order valence-corrected chi connectivity index (χ4v) is 2.62. The molecule has 0 radical (unpaired) electrons. The molecular weight excluding hydrogens is 340 g/mol. The molecular formula is C19H23ClN2O3. The highest BCUT2D eigenvalue weighted by atomic mass is 35.5. The highest BCUT2D eigenvalue weighted by molar-refractivity contribution is 6.31. The number of rotatable bonds is 9. The van der Waals surface area contributed by atoms with Crippen molar-refractivity contribution in [3.05, 3.63) is 59.1 Å². The Morgan fingerprint density at radius 1 is 1.16 bits per heavy atom. The number of amides is 1. The molecule has 0 bridgehead atoms. The van der Waals surface area contributed by atoms with Crippen LogP contribution in [0.1, 0.15) is 5.56 Å². The Kier molecular flexibility index (Phi) is 7.73. The fourth-order valence-electron chi connectivity index (χ4n) is 2.45.